The van der Waals surface area contributed by atoms with Crippen LogP contribution in [0.5, 0.6) is 0 Å². The molecule has 2 amide bonds. The van der Waals surface area contributed by atoms with E-state index in [0.717, 1.165) is 4.90 Å². The lowest BCUT2D eigenvalue weighted by atomic mass is 10.1. The SMILES string of the molecule is O=C([O-])c1cccc(N2C(=O)c3c(Br)c(Br)c(Br)c(Br)c3C2=O)c1. The summed E-state index contributed by atoms with van der Waals surface area (Å²) >= 11 is 13.3. The third kappa shape index (κ3) is 2.58. The summed E-state index contributed by atoms with van der Waals surface area (Å²) in [6.45, 7) is 0. The number of carboxylic acids is 1. The predicted molar refractivity (Wildman–Crippen MR) is 99.2 cm³/mol. The second-order valence-corrected chi connectivity index (χ2v) is 7.96. The molecular formula is C15H4Br4NO4-. The van der Waals surface area contributed by atoms with Gasteiger partial charge in [-0.3, -0.25) is 9.59 Å². The molecule has 0 aromatic heterocycles. The normalized spacial score (nSPS) is 13.4. The molecule has 0 spiro atoms. The molecular weight excluding hydrogens is 578 g/mol. The van der Waals surface area contributed by atoms with Crippen LogP contribution in [0.2, 0.25) is 0 Å². The number of anilines is 1. The van der Waals surface area contributed by atoms with E-state index in [4.69, 9.17) is 0 Å². The number of hydrogen-bond donors (Lipinski definition) is 0. The average molecular weight is 582 g/mol. The fraction of sp³-hybridized carbons (Fsp3) is 0. The Morgan fingerprint density at radius 2 is 1.38 bits per heavy atom. The molecule has 1 heterocycles. The zero-order valence-electron chi connectivity index (χ0n) is 11.4. The Morgan fingerprint density at radius 1 is 0.875 bits per heavy atom. The van der Waals surface area contributed by atoms with Crippen LogP contribution in [-0.2, 0) is 0 Å². The van der Waals surface area contributed by atoms with E-state index in [1.807, 2.05) is 0 Å². The molecule has 2 aromatic rings. The molecule has 0 radical (unpaired) electrons. The minimum absolute atomic E-state index is 0.121. The van der Waals surface area contributed by atoms with E-state index in [1.54, 1.807) is 0 Å². The molecule has 0 bridgehead atoms. The van der Waals surface area contributed by atoms with Gasteiger partial charge in [-0.1, -0.05) is 12.1 Å². The quantitative estimate of drug-likeness (QED) is 0.306. The van der Waals surface area contributed by atoms with Gasteiger partial charge in [0.15, 0.2) is 0 Å². The van der Waals surface area contributed by atoms with Crippen molar-refractivity contribution in [2.75, 3.05) is 4.90 Å². The number of fused-ring (bicyclic) bond motifs is 1. The summed E-state index contributed by atoms with van der Waals surface area (Å²) in [7, 11) is 0. The summed E-state index contributed by atoms with van der Waals surface area (Å²) in [4.78, 5) is 37.5. The number of hydrogen-bond acceptors (Lipinski definition) is 4. The zero-order valence-corrected chi connectivity index (χ0v) is 17.7. The van der Waals surface area contributed by atoms with Gasteiger partial charge in [-0.2, -0.15) is 0 Å². The number of imide groups is 1. The summed E-state index contributed by atoms with van der Waals surface area (Å²) in [6, 6.07) is 5.48. The van der Waals surface area contributed by atoms with Gasteiger partial charge < -0.3 is 9.90 Å². The highest BCUT2D eigenvalue weighted by Gasteiger charge is 2.41. The van der Waals surface area contributed by atoms with Gasteiger partial charge in [-0.15, -0.1) is 0 Å². The fourth-order valence-corrected chi connectivity index (χ4v) is 4.81. The van der Waals surface area contributed by atoms with Gasteiger partial charge in [-0.05, 0) is 81.4 Å². The number of carboxylic acid groups (broad SMARTS) is 1. The van der Waals surface area contributed by atoms with E-state index in [9.17, 15) is 19.5 Å². The molecule has 0 saturated carbocycles. The molecule has 0 N–H and O–H groups in total. The molecule has 122 valence electrons. The summed E-state index contributed by atoms with van der Waals surface area (Å²) in [5, 5.41) is 11.0. The topological polar surface area (TPSA) is 77.5 Å². The second kappa shape index (κ2) is 6.36. The largest absolute Gasteiger partial charge is 0.545 e. The molecule has 2 aromatic carbocycles. The number of halogens is 4. The molecule has 9 heteroatoms. The molecule has 0 saturated heterocycles. The van der Waals surface area contributed by atoms with Crippen molar-refractivity contribution in [3.63, 3.8) is 0 Å². The van der Waals surface area contributed by atoms with Crippen LogP contribution in [0.25, 0.3) is 0 Å². The summed E-state index contributed by atoms with van der Waals surface area (Å²) < 4.78 is 2.04. The Balaban J connectivity index is 2.22. The number of aromatic carboxylic acids is 1. The summed E-state index contributed by atoms with van der Waals surface area (Å²) in [5.74, 6) is -2.49. The number of benzene rings is 2. The lowest BCUT2D eigenvalue weighted by Crippen LogP contribution is -2.30. The van der Waals surface area contributed by atoms with Crippen LogP contribution >= 0.6 is 63.7 Å². The molecule has 0 fully saturated rings. The van der Waals surface area contributed by atoms with Crippen molar-refractivity contribution in [3.8, 4) is 0 Å². The van der Waals surface area contributed by atoms with Crippen LogP contribution in [-0.4, -0.2) is 17.8 Å². The number of carbonyl (C=O) groups excluding carboxylic acids is 3. The van der Waals surface area contributed by atoms with Crippen LogP contribution < -0.4 is 10.0 Å². The van der Waals surface area contributed by atoms with Crippen LogP contribution in [0.3, 0.4) is 0 Å². The van der Waals surface area contributed by atoms with Crippen molar-refractivity contribution in [3.05, 3.63) is 58.8 Å². The van der Waals surface area contributed by atoms with Crippen LogP contribution in [0.1, 0.15) is 31.1 Å². The van der Waals surface area contributed by atoms with E-state index in [-0.39, 0.29) is 22.4 Å². The van der Waals surface area contributed by atoms with Crippen LogP contribution in [0.15, 0.2) is 42.2 Å². The first kappa shape index (κ1) is 17.8. The number of carbonyl (C=O) groups is 3. The molecule has 0 aliphatic carbocycles. The summed E-state index contributed by atoms with van der Waals surface area (Å²) in [5.41, 5.74) is 0.431. The van der Waals surface area contributed by atoms with E-state index in [0.29, 0.717) is 17.9 Å². The first-order valence-electron chi connectivity index (χ1n) is 6.31. The van der Waals surface area contributed by atoms with Crippen molar-refractivity contribution in [2.24, 2.45) is 0 Å². The smallest absolute Gasteiger partial charge is 0.267 e. The van der Waals surface area contributed by atoms with Gasteiger partial charge in [0.1, 0.15) is 0 Å². The van der Waals surface area contributed by atoms with Crippen molar-refractivity contribution in [1.82, 2.24) is 0 Å². The lowest BCUT2D eigenvalue weighted by Gasteiger charge is -2.15. The second-order valence-electron chi connectivity index (χ2n) is 4.79. The molecule has 0 atom stereocenters. The molecule has 5 nitrogen and oxygen atoms in total. The van der Waals surface area contributed by atoms with Crippen molar-refractivity contribution in [2.45, 2.75) is 0 Å². The minimum Gasteiger partial charge on any atom is -0.545 e. The first-order valence-corrected chi connectivity index (χ1v) is 9.49. The Labute approximate surface area is 169 Å². The highest BCUT2D eigenvalue weighted by Crippen LogP contribution is 2.46. The molecule has 1 aliphatic rings. The highest BCUT2D eigenvalue weighted by molar-refractivity contribution is 9.15. The molecule has 1 aliphatic heterocycles. The fourth-order valence-electron chi connectivity index (χ4n) is 2.36. The van der Waals surface area contributed by atoms with E-state index in [2.05, 4.69) is 63.7 Å². The third-order valence-electron chi connectivity index (χ3n) is 3.44. The molecule has 24 heavy (non-hydrogen) atoms. The number of amides is 2. The number of rotatable bonds is 2. The third-order valence-corrected chi connectivity index (χ3v) is 8.21. The maximum atomic E-state index is 12.8. The number of nitrogens with zero attached hydrogens (tertiary/aromatic N) is 1. The summed E-state index contributed by atoms with van der Waals surface area (Å²) in [6.07, 6.45) is 0. The first-order chi connectivity index (χ1) is 11.3. The maximum Gasteiger partial charge on any atom is 0.267 e. The predicted octanol–water partition coefficient (Wildman–Crippen LogP) is 3.90. The van der Waals surface area contributed by atoms with Gasteiger partial charge in [0.25, 0.3) is 11.8 Å². The average Bonchev–Trinajstić information content (AvgIpc) is 2.82. The maximum absolute atomic E-state index is 12.8. The highest BCUT2D eigenvalue weighted by atomic mass is 79.9. The lowest BCUT2D eigenvalue weighted by molar-refractivity contribution is -0.255. The van der Waals surface area contributed by atoms with Crippen LogP contribution in [0.4, 0.5) is 5.69 Å². The minimum atomic E-state index is -1.39. The molecule has 0 unspecified atom stereocenters. The van der Waals surface area contributed by atoms with E-state index in [1.165, 1.54) is 24.3 Å². The Kier molecular flexibility index (Phi) is 4.71. The van der Waals surface area contributed by atoms with Gasteiger partial charge in [0, 0.05) is 17.9 Å². The van der Waals surface area contributed by atoms with E-state index >= 15 is 0 Å². The Morgan fingerprint density at radius 3 is 1.83 bits per heavy atom. The van der Waals surface area contributed by atoms with E-state index < -0.39 is 17.8 Å². The van der Waals surface area contributed by atoms with Crippen LogP contribution in [0, 0.1) is 0 Å². The van der Waals surface area contributed by atoms with Crippen molar-refractivity contribution < 1.29 is 19.5 Å². The van der Waals surface area contributed by atoms with Gasteiger partial charge in [-0.25, -0.2) is 4.90 Å². The zero-order chi connectivity index (χ0) is 17.8. The van der Waals surface area contributed by atoms with Gasteiger partial charge >= 0.3 is 0 Å². The standard InChI is InChI=1S/C15H5Br4NO4/c16-9-7-8(10(17)12(19)11(9)18)14(22)20(13(7)21)6-3-1-2-5(4-6)15(23)24/h1-4H,(H,23,24)/p-1. The van der Waals surface area contributed by atoms with Gasteiger partial charge in [0.05, 0.1) is 22.8 Å². The molecule has 3 rings (SSSR count). The monoisotopic (exact) mass is 578 g/mol. The van der Waals surface area contributed by atoms with Crippen molar-refractivity contribution >= 4 is 87.2 Å². The van der Waals surface area contributed by atoms with Gasteiger partial charge in [0.2, 0.25) is 0 Å². The Bertz CT molecular complexity index is 895. The van der Waals surface area contributed by atoms with Crippen molar-refractivity contribution in [1.29, 1.82) is 0 Å². The Hall–Kier alpha value is -1.03.